The van der Waals surface area contributed by atoms with Gasteiger partial charge in [0.2, 0.25) is 0 Å². The Morgan fingerprint density at radius 3 is 1.78 bits per heavy atom. The van der Waals surface area contributed by atoms with Crippen molar-refractivity contribution >= 4 is 5.97 Å². The van der Waals surface area contributed by atoms with Crippen molar-refractivity contribution in [2.75, 3.05) is 7.11 Å². The average molecular weight is 236 g/mol. The molecule has 6 heteroatoms. The molecule has 1 radical (unpaired) electrons. The standard InChI is InChI=1S/C3H3F3O2.Ag/c1-8-2(7)3(4,5)6;/h1H3;. The number of carbonyl (C=O) groups is 1. The monoisotopic (exact) mass is 235 g/mol. The van der Waals surface area contributed by atoms with E-state index in [9.17, 15) is 18.0 Å². The predicted molar refractivity (Wildman–Crippen MR) is 18.1 cm³/mol. The van der Waals surface area contributed by atoms with Crippen molar-refractivity contribution < 1.29 is 45.1 Å². The van der Waals surface area contributed by atoms with Crippen molar-refractivity contribution in [2.24, 2.45) is 0 Å². The van der Waals surface area contributed by atoms with Gasteiger partial charge in [-0.15, -0.1) is 0 Å². The van der Waals surface area contributed by atoms with Crippen LogP contribution in [0.25, 0.3) is 0 Å². The Bertz CT molecular complexity index is 99.7. The minimum absolute atomic E-state index is 0. The Morgan fingerprint density at radius 1 is 1.44 bits per heavy atom. The van der Waals surface area contributed by atoms with Crippen molar-refractivity contribution in [1.82, 2.24) is 0 Å². The number of halogens is 3. The van der Waals surface area contributed by atoms with Crippen LogP contribution in [0.5, 0.6) is 0 Å². The molecule has 0 saturated heterocycles. The fraction of sp³-hybridized carbons (Fsp3) is 0.667. The third kappa shape index (κ3) is 4.50. The molecule has 0 aromatic rings. The Hall–Kier alpha value is 0.000260. The molecular formula is C3H3AgF3O2. The number of ether oxygens (including phenoxy) is 1. The molecule has 0 bridgehead atoms. The van der Waals surface area contributed by atoms with E-state index in [4.69, 9.17) is 0 Å². The Morgan fingerprint density at radius 2 is 1.78 bits per heavy atom. The van der Waals surface area contributed by atoms with Crippen LogP contribution in [-0.4, -0.2) is 19.3 Å². The van der Waals surface area contributed by atoms with Crippen LogP contribution in [0.15, 0.2) is 0 Å². The smallest absolute Gasteiger partial charge is 0.462 e. The first-order chi connectivity index (χ1) is 3.48. The van der Waals surface area contributed by atoms with Gasteiger partial charge in [0.25, 0.3) is 0 Å². The van der Waals surface area contributed by atoms with E-state index in [2.05, 4.69) is 4.74 Å². The summed E-state index contributed by atoms with van der Waals surface area (Å²) in [5, 5.41) is 0. The molecule has 59 valence electrons. The quantitative estimate of drug-likeness (QED) is 0.457. The van der Waals surface area contributed by atoms with E-state index < -0.39 is 12.1 Å². The number of esters is 1. The second-order valence-corrected chi connectivity index (χ2v) is 0.989. The van der Waals surface area contributed by atoms with Crippen molar-refractivity contribution in [3.63, 3.8) is 0 Å². The van der Waals surface area contributed by atoms with Crippen LogP contribution >= 0.6 is 0 Å². The molecule has 0 saturated carbocycles. The second kappa shape index (κ2) is 3.92. The van der Waals surface area contributed by atoms with Crippen LogP contribution in [0.4, 0.5) is 13.2 Å². The van der Waals surface area contributed by atoms with Gasteiger partial charge in [0.15, 0.2) is 0 Å². The predicted octanol–water partition coefficient (Wildman–Crippen LogP) is 0.719. The first kappa shape index (κ1) is 11.8. The fourth-order valence-corrected chi connectivity index (χ4v) is 0.116. The number of methoxy groups -OCH3 is 1. The Kier molecular flexibility index (Phi) is 5.12. The minimum atomic E-state index is -4.85. The SMILES string of the molecule is COC(=O)C(F)(F)F.[Ag]. The summed E-state index contributed by atoms with van der Waals surface area (Å²) in [6.45, 7) is 0. The topological polar surface area (TPSA) is 26.3 Å². The molecule has 0 unspecified atom stereocenters. The van der Waals surface area contributed by atoms with Gasteiger partial charge in [0.05, 0.1) is 7.11 Å². The van der Waals surface area contributed by atoms with Gasteiger partial charge in [-0.3, -0.25) is 0 Å². The number of carbonyl (C=O) groups excluding carboxylic acids is 1. The molecule has 0 aliphatic rings. The molecule has 0 spiro atoms. The van der Waals surface area contributed by atoms with E-state index >= 15 is 0 Å². The summed E-state index contributed by atoms with van der Waals surface area (Å²) in [4.78, 5) is 9.49. The van der Waals surface area contributed by atoms with E-state index in [1.165, 1.54) is 0 Å². The van der Waals surface area contributed by atoms with Crippen LogP contribution in [-0.2, 0) is 31.9 Å². The largest absolute Gasteiger partial charge is 0.490 e. The molecule has 0 fully saturated rings. The van der Waals surface area contributed by atoms with Gasteiger partial charge in [0, 0.05) is 22.4 Å². The molecule has 0 aliphatic carbocycles. The number of rotatable bonds is 0. The van der Waals surface area contributed by atoms with Gasteiger partial charge >= 0.3 is 12.1 Å². The average Bonchev–Trinajstić information content (AvgIpc) is 1.62. The maximum absolute atomic E-state index is 11.0. The first-order valence-electron chi connectivity index (χ1n) is 1.63. The zero-order chi connectivity index (χ0) is 6.78. The molecule has 0 amide bonds. The molecule has 0 aromatic heterocycles. The van der Waals surface area contributed by atoms with E-state index in [0.29, 0.717) is 7.11 Å². The molecule has 0 heterocycles. The summed E-state index contributed by atoms with van der Waals surface area (Å²) in [6, 6.07) is 0. The molecule has 0 aromatic carbocycles. The zero-order valence-corrected chi connectivity index (χ0v) is 5.73. The first-order valence-corrected chi connectivity index (χ1v) is 1.63. The van der Waals surface area contributed by atoms with Crippen molar-refractivity contribution in [3.8, 4) is 0 Å². The van der Waals surface area contributed by atoms with Gasteiger partial charge in [0.1, 0.15) is 0 Å². The van der Waals surface area contributed by atoms with Gasteiger partial charge in [-0.05, 0) is 0 Å². The molecule has 0 N–H and O–H groups in total. The zero-order valence-electron chi connectivity index (χ0n) is 4.25. The second-order valence-electron chi connectivity index (χ2n) is 0.989. The van der Waals surface area contributed by atoms with Gasteiger partial charge < -0.3 is 4.74 Å². The third-order valence-electron chi connectivity index (χ3n) is 0.417. The normalized spacial score (nSPS) is 9.78. The Labute approximate surface area is 64.9 Å². The summed E-state index contributed by atoms with van der Waals surface area (Å²) < 4.78 is 36.3. The number of hydrogen-bond donors (Lipinski definition) is 0. The van der Waals surface area contributed by atoms with Crippen LogP contribution in [0, 0.1) is 0 Å². The van der Waals surface area contributed by atoms with Gasteiger partial charge in [-0.25, -0.2) is 4.79 Å². The number of alkyl halides is 3. The third-order valence-corrected chi connectivity index (χ3v) is 0.417. The van der Waals surface area contributed by atoms with E-state index in [-0.39, 0.29) is 22.4 Å². The minimum Gasteiger partial charge on any atom is -0.462 e. The van der Waals surface area contributed by atoms with E-state index in [1.54, 1.807) is 0 Å². The van der Waals surface area contributed by atoms with Crippen molar-refractivity contribution in [1.29, 1.82) is 0 Å². The van der Waals surface area contributed by atoms with Crippen LogP contribution in [0.1, 0.15) is 0 Å². The van der Waals surface area contributed by atoms with Crippen LogP contribution < -0.4 is 0 Å². The van der Waals surface area contributed by atoms with Gasteiger partial charge in [-0.2, -0.15) is 13.2 Å². The van der Waals surface area contributed by atoms with Gasteiger partial charge in [-0.1, -0.05) is 0 Å². The molecule has 0 atom stereocenters. The van der Waals surface area contributed by atoms with E-state index in [0.717, 1.165) is 0 Å². The van der Waals surface area contributed by atoms with Crippen LogP contribution in [0.2, 0.25) is 0 Å². The summed E-state index contributed by atoms with van der Waals surface area (Å²) >= 11 is 0. The number of hydrogen-bond acceptors (Lipinski definition) is 2. The molecular weight excluding hydrogens is 233 g/mol. The summed E-state index contributed by atoms with van der Waals surface area (Å²) in [7, 11) is 0.676. The van der Waals surface area contributed by atoms with Crippen LogP contribution in [0.3, 0.4) is 0 Å². The summed E-state index contributed by atoms with van der Waals surface area (Å²) in [5.41, 5.74) is 0. The molecule has 2 nitrogen and oxygen atoms in total. The maximum atomic E-state index is 11.0. The van der Waals surface area contributed by atoms with E-state index in [1.807, 2.05) is 0 Å². The fourth-order valence-electron chi connectivity index (χ4n) is 0.116. The summed E-state index contributed by atoms with van der Waals surface area (Å²) in [5.74, 6) is -2.17. The molecule has 9 heavy (non-hydrogen) atoms. The Balaban J connectivity index is 0. The molecule has 0 aliphatic heterocycles. The summed E-state index contributed by atoms with van der Waals surface area (Å²) in [6.07, 6.45) is -4.85. The van der Waals surface area contributed by atoms with Crippen molar-refractivity contribution in [2.45, 2.75) is 6.18 Å². The molecule has 0 rings (SSSR count). The van der Waals surface area contributed by atoms with Crippen molar-refractivity contribution in [3.05, 3.63) is 0 Å². The maximum Gasteiger partial charge on any atom is 0.490 e.